The van der Waals surface area contributed by atoms with E-state index in [0.717, 1.165) is 19.4 Å². The van der Waals surface area contributed by atoms with Crippen molar-refractivity contribution in [2.45, 2.75) is 32.9 Å². The molecule has 1 N–H and O–H groups in total. The Hall–Kier alpha value is -2.44. The van der Waals surface area contributed by atoms with Crippen molar-refractivity contribution < 1.29 is 4.79 Å². The number of imidazole rings is 1. The fraction of sp³-hybridized carbons (Fsp3) is 0.429. The number of carbonyl (C=O) groups excluding carboxylic acids is 1. The van der Waals surface area contributed by atoms with Crippen LogP contribution in [0.15, 0.2) is 35.6 Å². The van der Waals surface area contributed by atoms with E-state index >= 15 is 0 Å². The Morgan fingerprint density at radius 3 is 2.90 bits per heavy atom. The lowest BCUT2D eigenvalue weighted by Gasteiger charge is -2.07. The molecule has 2 aromatic heterocycles. The van der Waals surface area contributed by atoms with Crippen molar-refractivity contribution in [1.82, 2.24) is 24.6 Å². The third-order valence-corrected chi connectivity index (χ3v) is 2.97. The van der Waals surface area contributed by atoms with Crippen LogP contribution in [0.5, 0.6) is 0 Å². The van der Waals surface area contributed by atoms with Crippen molar-refractivity contribution in [2.75, 3.05) is 6.54 Å². The minimum atomic E-state index is -0.259. The molecule has 0 fully saturated rings. The van der Waals surface area contributed by atoms with E-state index in [1.54, 1.807) is 12.5 Å². The number of rotatable bonds is 7. The molecule has 2 heterocycles. The smallest absolute Gasteiger partial charge is 0.271 e. The fourth-order valence-corrected chi connectivity index (χ4v) is 1.92. The summed E-state index contributed by atoms with van der Waals surface area (Å²) >= 11 is 0. The molecule has 0 radical (unpaired) electrons. The summed E-state index contributed by atoms with van der Waals surface area (Å²) in [7, 11) is 0. The Morgan fingerprint density at radius 1 is 1.33 bits per heavy atom. The van der Waals surface area contributed by atoms with Crippen LogP contribution < -0.4 is 10.9 Å². The molecule has 0 saturated heterocycles. The summed E-state index contributed by atoms with van der Waals surface area (Å²) < 4.78 is 3.27. The monoisotopic (exact) mass is 289 g/mol. The van der Waals surface area contributed by atoms with Gasteiger partial charge in [0.1, 0.15) is 5.69 Å². The number of hydrogen-bond acceptors (Lipinski definition) is 4. The van der Waals surface area contributed by atoms with Crippen LogP contribution in [0.2, 0.25) is 0 Å². The number of aryl methyl sites for hydroxylation is 2. The van der Waals surface area contributed by atoms with Gasteiger partial charge in [-0.2, -0.15) is 5.10 Å². The first-order chi connectivity index (χ1) is 10.2. The van der Waals surface area contributed by atoms with Crippen LogP contribution >= 0.6 is 0 Å². The van der Waals surface area contributed by atoms with Crippen molar-refractivity contribution >= 4 is 5.91 Å². The molecule has 112 valence electrons. The quantitative estimate of drug-likeness (QED) is 0.760. The molecule has 0 spiro atoms. The van der Waals surface area contributed by atoms with E-state index in [-0.39, 0.29) is 17.2 Å². The Balaban J connectivity index is 1.85. The van der Waals surface area contributed by atoms with Crippen molar-refractivity contribution in [3.63, 3.8) is 0 Å². The molecule has 0 atom stereocenters. The van der Waals surface area contributed by atoms with E-state index in [0.29, 0.717) is 13.1 Å². The van der Waals surface area contributed by atoms with E-state index in [9.17, 15) is 9.59 Å². The maximum atomic E-state index is 12.0. The highest BCUT2D eigenvalue weighted by Gasteiger charge is 2.08. The molecule has 7 heteroatoms. The van der Waals surface area contributed by atoms with Crippen LogP contribution in [0.3, 0.4) is 0 Å². The molecule has 0 aliphatic heterocycles. The van der Waals surface area contributed by atoms with Gasteiger partial charge in [-0.05, 0) is 18.9 Å². The number of carbonyl (C=O) groups is 1. The van der Waals surface area contributed by atoms with Gasteiger partial charge in [0.25, 0.3) is 11.5 Å². The SMILES string of the molecule is CCCn1nc(C(=O)NCCCn2ccnc2)ccc1=O. The van der Waals surface area contributed by atoms with Crippen LogP contribution in [0.4, 0.5) is 0 Å². The second-order valence-electron chi connectivity index (χ2n) is 4.69. The van der Waals surface area contributed by atoms with E-state index < -0.39 is 0 Å². The van der Waals surface area contributed by atoms with E-state index in [4.69, 9.17) is 0 Å². The second-order valence-corrected chi connectivity index (χ2v) is 4.69. The van der Waals surface area contributed by atoms with Gasteiger partial charge in [0.05, 0.1) is 6.33 Å². The minimum absolute atomic E-state index is 0.187. The number of amides is 1. The number of hydrogen-bond donors (Lipinski definition) is 1. The summed E-state index contributed by atoms with van der Waals surface area (Å²) in [6, 6.07) is 2.84. The average Bonchev–Trinajstić information content (AvgIpc) is 2.99. The third-order valence-electron chi connectivity index (χ3n) is 2.97. The predicted molar refractivity (Wildman–Crippen MR) is 78.0 cm³/mol. The number of nitrogens with zero attached hydrogens (tertiary/aromatic N) is 4. The molecule has 0 saturated carbocycles. The molecule has 0 unspecified atom stereocenters. The van der Waals surface area contributed by atoms with Gasteiger partial charge in [-0.1, -0.05) is 6.92 Å². The molecule has 0 aliphatic carbocycles. The molecule has 2 rings (SSSR count). The lowest BCUT2D eigenvalue weighted by molar-refractivity contribution is 0.0945. The van der Waals surface area contributed by atoms with Crippen LogP contribution in [0.25, 0.3) is 0 Å². The summed E-state index contributed by atoms with van der Waals surface area (Å²) in [4.78, 5) is 27.5. The topological polar surface area (TPSA) is 81.8 Å². The zero-order valence-corrected chi connectivity index (χ0v) is 12.0. The van der Waals surface area contributed by atoms with Crippen molar-refractivity contribution in [3.05, 3.63) is 46.9 Å². The van der Waals surface area contributed by atoms with Crippen LogP contribution in [-0.2, 0) is 13.1 Å². The normalized spacial score (nSPS) is 10.5. The molecular weight excluding hydrogens is 270 g/mol. The second kappa shape index (κ2) is 7.37. The van der Waals surface area contributed by atoms with Gasteiger partial charge < -0.3 is 9.88 Å². The Bertz CT molecular complexity index is 633. The predicted octanol–water partition coefficient (Wildman–Crippen LogP) is 0.670. The largest absolute Gasteiger partial charge is 0.351 e. The number of aromatic nitrogens is 4. The summed E-state index contributed by atoms with van der Waals surface area (Å²) in [5.74, 6) is -0.259. The summed E-state index contributed by atoms with van der Waals surface area (Å²) in [6.45, 7) is 3.81. The van der Waals surface area contributed by atoms with Gasteiger partial charge in [-0.3, -0.25) is 9.59 Å². The summed E-state index contributed by atoms with van der Waals surface area (Å²) in [6.07, 6.45) is 6.94. The first kappa shape index (κ1) is 15.0. The molecule has 0 aromatic carbocycles. The summed E-state index contributed by atoms with van der Waals surface area (Å²) in [5.41, 5.74) is 0.0826. The van der Waals surface area contributed by atoms with Crippen molar-refractivity contribution in [1.29, 1.82) is 0 Å². The highest BCUT2D eigenvalue weighted by Crippen LogP contribution is 1.94. The lowest BCUT2D eigenvalue weighted by atomic mass is 10.3. The zero-order chi connectivity index (χ0) is 15.1. The maximum Gasteiger partial charge on any atom is 0.271 e. The maximum absolute atomic E-state index is 12.0. The van der Waals surface area contributed by atoms with Gasteiger partial charge in [0.15, 0.2) is 0 Å². The number of nitrogens with one attached hydrogen (secondary N) is 1. The Labute approximate surface area is 122 Å². The molecule has 1 amide bonds. The molecule has 0 aliphatic rings. The zero-order valence-electron chi connectivity index (χ0n) is 12.0. The van der Waals surface area contributed by atoms with Gasteiger partial charge >= 0.3 is 0 Å². The average molecular weight is 289 g/mol. The van der Waals surface area contributed by atoms with Crippen LogP contribution in [-0.4, -0.2) is 31.8 Å². The van der Waals surface area contributed by atoms with Crippen LogP contribution in [0.1, 0.15) is 30.3 Å². The van der Waals surface area contributed by atoms with Gasteiger partial charge in [0.2, 0.25) is 0 Å². The Morgan fingerprint density at radius 2 is 2.19 bits per heavy atom. The highest BCUT2D eigenvalue weighted by molar-refractivity contribution is 5.91. The van der Waals surface area contributed by atoms with E-state index in [2.05, 4.69) is 15.4 Å². The van der Waals surface area contributed by atoms with E-state index in [1.807, 2.05) is 17.7 Å². The van der Waals surface area contributed by atoms with Gasteiger partial charge in [-0.15, -0.1) is 0 Å². The van der Waals surface area contributed by atoms with Crippen LogP contribution in [0, 0.1) is 0 Å². The Kier molecular flexibility index (Phi) is 5.25. The van der Waals surface area contributed by atoms with Gasteiger partial charge in [0, 0.05) is 38.1 Å². The first-order valence-corrected chi connectivity index (χ1v) is 7.03. The lowest BCUT2D eigenvalue weighted by Crippen LogP contribution is -2.30. The molecule has 21 heavy (non-hydrogen) atoms. The molecule has 2 aromatic rings. The minimum Gasteiger partial charge on any atom is -0.351 e. The molecular formula is C14H19N5O2. The fourth-order valence-electron chi connectivity index (χ4n) is 1.92. The van der Waals surface area contributed by atoms with Crippen molar-refractivity contribution in [3.8, 4) is 0 Å². The summed E-state index contributed by atoms with van der Waals surface area (Å²) in [5, 5.41) is 6.87. The van der Waals surface area contributed by atoms with Crippen molar-refractivity contribution in [2.24, 2.45) is 0 Å². The first-order valence-electron chi connectivity index (χ1n) is 7.03. The van der Waals surface area contributed by atoms with Gasteiger partial charge in [-0.25, -0.2) is 9.67 Å². The molecule has 0 bridgehead atoms. The third kappa shape index (κ3) is 4.27. The molecule has 7 nitrogen and oxygen atoms in total. The van der Waals surface area contributed by atoms with E-state index in [1.165, 1.54) is 16.8 Å². The standard InChI is InChI=1S/C14H19N5O2/c1-2-8-19-13(20)5-4-12(17-19)14(21)16-6-3-9-18-10-7-15-11-18/h4-5,7,10-11H,2-3,6,8-9H2,1H3,(H,16,21). The highest BCUT2D eigenvalue weighted by atomic mass is 16.2.